The van der Waals surface area contributed by atoms with Gasteiger partial charge in [-0.15, -0.1) is 0 Å². The zero-order valence-electron chi connectivity index (χ0n) is 19.8. The van der Waals surface area contributed by atoms with Crippen LogP contribution in [0.25, 0.3) is 10.9 Å². The van der Waals surface area contributed by atoms with Gasteiger partial charge >= 0.3 is 0 Å². The summed E-state index contributed by atoms with van der Waals surface area (Å²) in [5.74, 6) is 2.46. The van der Waals surface area contributed by atoms with E-state index in [-0.39, 0.29) is 5.82 Å². The molecule has 0 spiro atoms. The molecule has 0 bridgehead atoms. The van der Waals surface area contributed by atoms with Crippen molar-refractivity contribution in [3.8, 4) is 11.5 Å². The molecule has 1 fully saturated rings. The first-order chi connectivity index (χ1) is 17.2. The molecule has 0 saturated carbocycles. The molecule has 2 heterocycles. The van der Waals surface area contributed by atoms with Gasteiger partial charge in [0, 0.05) is 31.1 Å². The van der Waals surface area contributed by atoms with Crippen molar-refractivity contribution in [3.63, 3.8) is 0 Å². The Hall–Kier alpha value is -3.87. The van der Waals surface area contributed by atoms with Crippen molar-refractivity contribution in [2.45, 2.75) is 32.4 Å². The topological polar surface area (TPSA) is 59.5 Å². The Morgan fingerprint density at radius 2 is 1.66 bits per heavy atom. The van der Waals surface area contributed by atoms with Gasteiger partial charge < -0.3 is 19.7 Å². The molecule has 0 radical (unpaired) electrons. The van der Waals surface area contributed by atoms with Gasteiger partial charge in [-0.3, -0.25) is 0 Å². The lowest BCUT2D eigenvalue weighted by Gasteiger charge is -2.29. The van der Waals surface area contributed by atoms with Crippen molar-refractivity contribution < 1.29 is 13.9 Å². The van der Waals surface area contributed by atoms with E-state index in [1.54, 1.807) is 19.2 Å². The number of rotatable bonds is 8. The predicted molar refractivity (Wildman–Crippen MR) is 137 cm³/mol. The summed E-state index contributed by atoms with van der Waals surface area (Å²) < 4.78 is 25.1. The Bertz CT molecular complexity index is 1280. The zero-order chi connectivity index (χ0) is 24.0. The summed E-state index contributed by atoms with van der Waals surface area (Å²) >= 11 is 0. The van der Waals surface area contributed by atoms with Gasteiger partial charge in [-0.1, -0.05) is 42.5 Å². The molecule has 1 aliphatic heterocycles. The molecule has 1 N–H and O–H groups in total. The van der Waals surface area contributed by atoms with Crippen molar-refractivity contribution >= 4 is 22.7 Å². The number of nitrogens with zero attached hydrogens (tertiary/aromatic N) is 3. The van der Waals surface area contributed by atoms with E-state index in [0.29, 0.717) is 30.6 Å². The highest BCUT2D eigenvalue weighted by atomic mass is 19.1. The molecule has 180 valence electrons. The van der Waals surface area contributed by atoms with E-state index in [2.05, 4.69) is 10.2 Å². The van der Waals surface area contributed by atoms with E-state index >= 15 is 0 Å². The Morgan fingerprint density at radius 3 is 2.40 bits per heavy atom. The van der Waals surface area contributed by atoms with Crippen molar-refractivity contribution in [2.75, 3.05) is 30.4 Å². The van der Waals surface area contributed by atoms with Gasteiger partial charge in [-0.2, -0.15) is 4.98 Å². The van der Waals surface area contributed by atoms with Crippen molar-refractivity contribution in [1.82, 2.24) is 9.97 Å². The van der Waals surface area contributed by atoms with Crippen LogP contribution in [0.4, 0.5) is 16.2 Å². The van der Waals surface area contributed by atoms with Gasteiger partial charge in [0.1, 0.15) is 18.2 Å². The second kappa shape index (κ2) is 10.6. The SMILES string of the molecule is COc1cc2c(N3CCCCC3)nc(NCc3ccc(F)cc3)nc2cc1OCc1ccccc1. The third-order valence-electron chi connectivity index (χ3n) is 6.22. The first kappa shape index (κ1) is 22.9. The molecule has 0 aliphatic carbocycles. The second-order valence-corrected chi connectivity index (χ2v) is 8.69. The Balaban J connectivity index is 1.49. The molecule has 4 aromatic rings. The summed E-state index contributed by atoms with van der Waals surface area (Å²) in [4.78, 5) is 12.0. The normalized spacial score (nSPS) is 13.6. The van der Waals surface area contributed by atoms with Gasteiger partial charge in [0.15, 0.2) is 11.5 Å². The molecule has 0 atom stereocenters. The quantitative estimate of drug-likeness (QED) is 0.342. The molecule has 6 nitrogen and oxygen atoms in total. The lowest BCUT2D eigenvalue weighted by molar-refractivity contribution is 0.285. The van der Waals surface area contributed by atoms with Crippen LogP contribution in [0.5, 0.6) is 11.5 Å². The van der Waals surface area contributed by atoms with E-state index in [1.807, 2.05) is 42.5 Å². The van der Waals surface area contributed by atoms with Crippen LogP contribution in [0.1, 0.15) is 30.4 Å². The maximum atomic E-state index is 13.3. The number of ether oxygens (including phenoxy) is 2. The van der Waals surface area contributed by atoms with Crippen LogP contribution < -0.4 is 19.7 Å². The van der Waals surface area contributed by atoms with Gasteiger partial charge in [0.25, 0.3) is 0 Å². The highest BCUT2D eigenvalue weighted by Gasteiger charge is 2.20. The molecule has 5 rings (SSSR count). The van der Waals surface area contributed by atoms with Crippen molar-refractivity contribution in [3.05, 3.63) is 83.7 Å². The molecule has 1 saturated heterocycles. The Kier molecular flexibility index (Phi) is 6.93. The first-order valence-corrected chi connectivity index (χ1v) is 12.0. The third kappa shape index (κ3) is 5.45. The molecular formula is C28H29FN4O2. The number of anilines is 2. The number of piperidine rings is 1. The fourth-order valence-corrected chi connectivity index (χ4v) is 4.34. The molecular weight excluding hydrogens is 443 g/mol. The van der Waals surface area contributed by atoms with Crippen LogP contribution in [0.15, 0.2) is 66.7 Å². The Labute approximate surface area is 204 Å². The van der Waals surface area contributed by atoms with E-state index in [4.69, 9.17) is 19.4 Å². The maximum absolute atomic E-state index is 13.3. The smallest absolute Gasteiger partial charge is 0.225 e. The highest BCUT2D eigenvalue weighted by molar-refractivity contribution is 5.93. The lowest BCUT2D eigenvalue weighted by Crippen LogP contribution is -2.30. The number of methoxy groups -OCH3 is 1. The van der Waals surface area contributed by atoms with Crippen molar-refractivity contribution in [1.29, 1.82) is 0 Å². The Morgan fingerprint density at radius 1 is 0.886 bits per heavy atom. The van der Waals surface area contributed by atoms with E-state index in [1.165, 1.54) is 18.6 Å². The summed E-state index contributed by atoms with van der Waals surface area (Å²) in [6, 6.07) is 20.4. The first-order valence-electron chi connectivity index (χ1n) is 12.0. The zero-order valence-corrected chi connectivity index (χ0v) is 19.8. The van der Waals surface area contributed by atoms with Crippen LogP contribution >= 0.6 is 0 Å². The second-order valence-electron chi connectivity index (χ2n) is 8.69. The number of halogens is 1. The van der Waals surface area contributed by atoms with Gasteiger partial charge in [0.2, 0.25) is 5.95 Å². The maximum Gasteiger partial charge on any atom is 0.225 e. The van der Waals surface area contributed by atoms with E-state index in [9.17, 15) is 4.39 Å². The van der Waals surface area contributed by atoms with Crippen LogP contribution in [-0.2, 0) is 13.2 Å². The molecule has 1 aromatic heterocycles. The summed E-state index contributed by atoms with van der Waals surface area (Å²) in [5.41, 5.74) is 2.82. The minimum atomic E-state index is -0.250. The molecule has 7 heteroatoms. The third-order valence-corrected chi connectivity index (χ3v) is 6.22. The van der Waals surface area contributed by atoms with Gasteiger partial charge in [0.05, 0.1) is 12.6 Å². The summed E-state index contributed by atoms with van der Waals surface area (Å²) in [6.07, 6.45) is 3.51. The number of nitrogens with one attached hydrogen (secondary N) is 1. The summed E-state index contributed by atoms with van der Waals surface area (Å²) in [5, 5.41) is 4.25. The molecule has 0 unspecified atom stereocenters. The molecule has 0 amide bonds. The standard InChI is InChI=1S/C28H29FN4O2/c1-34-25-16-23-24(17-26(25)35-19-21-8-4-2-5-9-21)31-28(30-18-20-10-12-22(29)13-11-20)32-27(23)33-14-6-3-7-15-33/h2,4-5,8-13,16-17H,3,6-7,14-15,18-19H2,1H3,(H,30,31,32). The molecule has 35 heavy (non-hydrogen) atoms. The summed E-state index contributed by atoms with van der Waals surface area (Å²) in [7, 11) is 1.65. The van der Waals surface area contributed by atoms with Gasteiger partial charge in [-0.25, -0.2) is 9.37 Å². The number of hydrogen-bond acceptors (Lipinski definition) is 6. The number of benzene rings is 3. The number of fused-ring (bicyclic) bond motifs is 1. The number of aromatic nitrogens is 2. The fourth-order valence-electron chi connectivity index (χ4n) is 4.34. The lowest BCUT2D eigenvalue weighted by atomic mass is 10.1. The van der Waals surface area contributed by atoms with Crippen LogP contribution in [0.3, 0.4) is 0 Å². The van der Waals surface area contributed by atoms with Crippen LogP contribution in [0, 0.1) is 5.82 Å². The highest BCUT2D eigenvalue weighted by Crippen LogP contribution is 2.37. The average Bonchev–Trinajstić information content (AvgIpc) is 2.91. The van der Waals surface area contributed by atoms with E-state index < -0.39 is 0 Å². The molecule has 1 aliphatic rings. The summed E-state index contributed by atoms with van der Waals surface area (Å²) in [6.45, 7) is 2.84. The van der Waals surface area contributed by atoms with Crippen molar-refractivity contribution in [2.24, 2.45) is 0 Å². The minimum absolute atomic E-state index is 0.250. The average molecular weight is 473 g/mol. The minimum Gasteiger partial charge on any atom is -0.493 e. The largest absolute Gasteiger partial charge is 0.493 e. The number of hydrogen-bond donors (Lipinski definition) is 1. The van der Waals surface area contributed by atoms with Crippen LogP contribution in [0.2, 0.25) is 0 Å². The predicted octanol–water partition coefficient (Wildman–Crippen LogP) is 5.96. The van der Waals surface area contributed by atoms with Crippen LogP contribution in [-0.4, -0.2) is 30.2 Å². The fraction of sp³-hybridized carbons (Fsp3) is 0.286. The molecule has 3 aromatic carbocycles. The van der Waals surface area contributed by atoms with E-state index in [0.717, 1.165) is 53.8 Å². The monoisotopic (exact) mass is 472 g/mol. The van der Waals surface area contributed by atoms with Gasteiger partial charge in [-0.05, 0) is 48.6 Å².